The lowest BCUT2D eigenvalue weighted by molar-refractivity contribution is -0.136. The number of imide groups is 1. The number of carbonyl (C=O) groups is 3. The highest BCUT2D eigenvalue weighted by Crippen LogP contribution is 2.39. The number of ether oxygens (including phenoxy) is 2. The first-order chi connectivity index (χ1) is 14.5. The monoisotopic (exact) mass is 425 g/mol. The van der Waals surface area contributed by atoms with Crippen molar-refractivity contribution in [3.05, 3.63) is 47.5 Å². The van der Waals surface area contributed by atoms with Crippen LogP contribution in [0.25, 0.3) is 0 Å². The van der Waals surface area contributed by atoms with Gasteiger partial charge in [0.15, 0.2) is 0 Å². The normalized spacial score (nSPS) is 24.8. The maximum atomic E-state index is 13.6. The quantitative estimate of drug-likeness (QED) is 0.689. The minimum atomic E-state index is -1.23. The van der Waals surface area contributed by atoms with E-state index in [4.69, 9.17) is 9.47 Å². The number of amides is 3. The molecule has 2 atom stereocenters. The average molecular weight is 425 g/mol. The molecule has 0 N–H and O–H groups in total. The molecular formula is C23H27N3O5. The Morgan fingerprint density at radius 2 is 2.00 bits per heavy atom. The average Bonchev–Trinajstić information content (AvgIpc) is 3.22. The summed E-state index contributed by atoms with van der Waals surface area (Å²) in [4.78, 5) is 41.2. The number of allylic oxidation sites excluding steroid dienone is 1. The van der Waals surface area contributed by atoms with Gasteiger partial charge in [0, 0.05) is 19.2 Å². The molecule has 2 aliphatic heterocycles. The predicted octanol–water partition coefficient (Wildman–Crippen LogP) is 3.28. The lowest BCUT2D eigenvalue weighted by Crippen LogP contribution is -2.49. The van der Waals surface area contributed by atoms with E-state index in [9.17, 15) is 19.6 Å². The molecule has 0 unspecified atom stereocenters. The minimum absolute atomic E-state index is 0.0100. The van der Waals surface area contributed by atoms with E-state index in [0.717, 1.165) is 10.5 Å². The first-order valence-corrected chi connectivity index (χ1v) is 10.2. The topological polar surface area (TPSA) is 99.9 Å². The van der Waals surface area contributed by atoms with Crippen LogP contribution in [0.4, 0.5) is 9.59 Å². The Hall–Kier alpha value is -3.34. The van der Waals surface area contributed by atoms with E-state index in [2.05, 4.69) is 0 Å². The van der Waals surface area contributed by atoms with E-state index >= 15 is 0 Å². The molecule has 0 radical (unpaired) electrons. The third kappa shape index (κ3) is 4.71. The summed E-state index contributed by atoms with van der Waals surface area (Å²) in [5.41, 5.74) is -0.490. The first kappa shape index (κ1) is 22.3. The van der Waals surface area contributed by atoms with E-state index in [0.29, 0.717) is 12.0 Å². The van der Waals surface area contributed by atoms with Crippen molar-refractivity contribution < 1.29 is 23.9 Å². The van der Waals surface area contributed by atoms with Crippen LogP contribution in [0.5, 0.6) is 0 Å². The van der Waals surface area contributed by atoms with E-state index < -0.39 is 35.2 Å². The summed E-state index contributed by atoms with van der Waals surface area (Å²) in [5, 5.41) is 9.24. The van der Waals surface area contributed by atoms with Crippen molar-refractivity contribution >= 4 is 18.1 Å². The minimum Gasteiger partial charge on any atom is -0.447 e. The van der Waals surface area contributed by atoms with Crippen molar-refractivity contribution in [3.8, 4) is 6.07 Å². The molecular weight excluding hydrogens is 398 g/mol. The molecule has 1 aromatic rings. The van der Waals surface area contributed by atoms with Gasteiger partial charge in [-0.2, -0.15) is 5.26 Å². The summed E-state index contributed by atoms with van der Waals surface area (Å²) in [6, 6.07) is 11.0. The van der Waals surface area contributed by atoms with Gasteiger partial charge in [-0.15, -0.1) is 0 Å². The van der Waals surface area contributed by atoms with Crippen molar-refractivity contribution in [2.24, 2.45) is 5.41 Å². The Kier molecular flexibility index (Phi) is 6.07. The molecule has 2 aliphatic rings. The van der Waals surface area contributed by atoms with Crippen molar-refractivity contribution in [2.75, 3.05) is 19.7 Å². The number of cyclic esters (lactones) is 1. The molecule has 8 heteroatoms. The van der Waals surface area contributed by atoms with Gasteiger partial charge in [-0.3, -0.25) is 4.79 Å². The lowest BCUT2D eigenvalue weighted by Gasteiger charge is -2.30. The Balaban J connectivity index is 1.86. The lowest BCUT2D eigenvalue weighted by atomic mass is 9.82. The van der Waals surface area contributed by atoms with Crippen LogP contribution in [0.15, 0.2) is 42.0 Å². The molecule has 3 amide bonds. The molecule has 1 aromatic carbocycles. The summed E-state index contributed by atoms with van der Waals surface area (Å²) < 4.78 is 10.6. The number of nitriles is 1. The van der Waals surface area contributed by atoms with E-state index in [-0.39, 0.29) is 19.7 Å². The number of hydrogen-bond acceptors (Lipinski definition) is 6. The van der Waals surface area contributed by atoms with Crippen molar-refractivity contribution in [1.29, 1.82) is 5.26 Å². The number of nitrogens with zero attached hydrogens (tertiary/aromatic N) is 3. The third-order valence-corrected chi connectivity index (χ3v) is 5.43. The Morgan fingerprint density at radius 3 is 2.61 bits per heavy atom. The van der Waals surface area contributed by atoms with Gasteiger partial charge < -0.3 is 14.4 Å². The fourth-order valence-corrected chi connectivity index (χ4v) is 3.87. The second-order valence-electron chi connectivity index (χ2n) is 9.06. The fourth-order valence-electron chi connectivity index (χ4n) is 3.87. The molecule has 164 valence electrons. The summed E-state index contributed by atoms with van der Waals surface area (Å²) in [5.74, 6) is -0.483. The molecule has 0 aliphatic carbocycles. The van der Waals surface area contributed by atoms with Crippen LogP contribution in [-0.4, -0.2) is 59.2 Å². The molecule has 0 saturated carbocycles. The standard InChI is InChI=1S/C23H27N3O5/c1-22(2,3)31-20(28)25-13-17(10-11-24)23(4,15-25)19(27)26-18(14-30-21(26)29)12-16-8-6-5-7-9-16/h5-10,18H,12-15H2,1-4H3/b17-10-/t18-,23+/m0/s1. The van der Waals surface area contributed by atoms with Gasteiger partial charge in [-0.05, 0) is 45.3 Å². The van der Waals surface area contributed by atoms with Crippen LogP contribution < -0.4 is 0 Å². The second-order valence-corrected chi connectivity index (χ2v) is 9.06. The molecule has 3 rings (SSSR count). The van der Waals surface area contributed by atoms with Gasteiger partial charge in [0.1, 0.15) is 12.2 Å². The van der Waals surface area contributed by atoms with Gasteiger partial charge in [-0.1, -0.05) is 30.3 Å². The zero-order valence-electron chi connectivity index (χ0n) is 18.3. The van der Waals surface area contributed by atoms with Crippen molar-refractivity contribution in [2.45, 2.75) is 45.8 Å². The Labute approximate surface area is 182 Å². The van der Waals surface area contributed by atoms with Crippen LogP contribution in [0.1, 0.15) is 33.3 Å². The zero-order chi connectivity index (χ0) is 22.8. The molecule has 0 bridgehead atoms. The third-order valence-electron chi connectivity index (χ3n) is 5.43. The predicted molar refractivity (Wildman–Crippen MR) is 112 cm³/mol. The van der Waals surface area contributed by atoms with Gasteiger partial charge in [0.05, 0.1) is 17.5 Å². The van der Waals surface area contributed by atoms with Crippen molar-refractivity contribution in [3.63, 3.8) is 0 Å². The molecule has 8 nitrogen and oxygen atoms in total. The van der Waals surface area contributed by atoms with Gasteiger partial charge in [0.2, 0.25) is 5.91 Å². The number of hydrogen-bond donors (Lipinski definition) is 0. The smallest absolute Gasteiger partial charge is 0.417 e. The highest BCUT2D eigenvalue weighted by Gasteiger charge is 2.53. The summed E-state index contributed by atoms with van der Waals surface area (Å²) in [6.07, 6.45) is 0.453. The van der Waals surface area contributed by atoms with Crippen LogP contribution in [-0.2, 0) is 20.7 Å². The maximum absolute atomic E-state index is 13.6. The number of benzene rings is 1. The molecule has 2 fully saturated rings. The van der Waals surface area contributed by atoms with Crippen LogP contribution in [0, 0.1) is 16.7 Å². The number of carbonyl (C=O) groups excluding carboxylic acids is 3. The van der Waals surface area contributed by atoms with E-state index in [1.807, 2.05) is 36.4 Å². The maximum Gasteiger partial charge on any atom is 0.417 e. The van der Waals surface area contributed by atoms with Gasteiger partial charge in [0.25, 0.3) is 0 Å². The van der Waals surface area contributed by atoms with Crippen molar-refractivity contribution in [1.82, 2.24) is 9.80 Å². The highest BCUT2D eigenvalue weighted by atomic mass is 16.6. The molecule has 2 heterocycles. The largest absolute Gasteiger partial charge is 0.447 e. The second kappa shape index (κ2) is 8.42. The number of rotatable bonds is 3. The summed E-state index contributed by atoms with van der Waals surface area (Å²) >= 11 is 0. The zero-order valence-corrected chi connectivity index (χ0v) is 18.3. The Morgan fingerprint density at radius 1 is 1.32 bits per heavy atom. The van der Waals surface area contributed by atoms with Gasteiger partial charge in [-0.25, -0.2) is 14.5 Å². The highest BCUT2D eigenvalue weighted by molar-refractivity contribution is 5.99. The summed E-state index contributed by atoms with van der Waals surface area (Å²) in [6.45, 7) is 7.10. The molecule has 0 aromatic heterocycles. The van der Waals surface area contributed by atoms with E-state index in [1.165, 1.54) is 11.0 Å². The Bertz CT molecular complexity index is 944. The SMILES string of the molecule is CC(C)(C)OC(=O)N1C/C(=C/C#N)[C@](C)(C(=O)N2C(=O)OC[C@@H]2Cc2ccccc2)C1. The molecule has 2 saturated heterocycles. The van der Waals surface area contributed by atoms with Crippen LogP contribution in [0.2, 0.25) is 0 Å². The molecule has 31 heavy (non-hydrogen) atoms. The molecule has 0 spiro atoms. The van der Waals surface area contributed by atoms with Gasteiger partial charge >= 0.3 is 12.2 Å². The van der Waals surface area contributed by atoms with Crippen LogP contribution >= 0.6 is 0 Å². The number of likely N-dealkylation sites (tertiary alicyclic amines) is 1. The fraction of sp³-hybridized carbons (Fsp3) is 0.478. The van der Waals surface area contributed by atoms with E-state index in [1.54, 1.807) is 27.7 Å². The summed E-state index contributed by atoms with van der Waals surface area (Å²) in [7, 11) is 0. The first-order valence-electron chi connectivity index (χ1n) is 10.2. The van der Waals surface area contributed by atoms with Crippen LogP contribution in [0.3, 0.4) is 0 Å².